The molecule has 0 radical (unpaired) electrons. The molecule has 1 fully saturated rings. The van der Waals surface area contributed by atoms with Gasteiger partial charge in [0.2, 0.25) is 0 Å². The van der Waals surface area contributed by atoms with Gasteiger partial charge in [0.25, 0.3) is 5.91 Å². The number of nitrogens with two attached hydrogens (primary N) is 1. The van der Waals surface area contributed by atoms with E-state index < -0.39 is 0 Å². The van der Waals surface area contributed by atoms with E-state index in [9.17, 15) is 4.79 Å². The van der Waals surface area contributed by atoms with Gasteiger partial charge in [-0.3, -0.25) is 9.89 Å². The van der Waals surface area contributed by atoms with Crippen LogP contribution in [-0.4, -0.2) is 47.3 Å². The van der Waals surface area contributed by atoms with Crippen molar-refractivity contribution in [2.75, 3.05) is 26.0 Å². The summed E-state index contributed by atoms with van der Waals surface area (Å²) in [4.78, 5) is 13.8. The van der Waals surface area contributed by atoms with Crippen LogP contribution in [0.1, 0.15) is 23.3 Å². The highest BCUT2D eigenvalue weighted by atomic mass is 16.5. The number of aromatic nitrogens is 2. The van der Waals surface area contributed by atoms with E-state index in [2.05, 4.69) is 10.2 Å². The lowest BCUT2D eigenvalue weighted by molar-refractivity contribution is 0.0359. The summed E-state index contributed by atoms with van der Waals surface area (Å²) in [5.74, 6) is -0.109. The van der Waals surface area contributed by atoms with Crippen LogP contribution in [0.4, 0.5) is 5.69 Å². The number of hydrogen-bond donors (Lipinski definition) is 2. The second-order valence-corrected chi connectivity index (χ2v) is 3.96. The van der Waals surface area contributed by atoms with Crippen LogP contribution in [0.15, 0.2) is 6.20 Å². The molecule has 0 atom stereocenters. The first-order valence-electron chi connectivity index (χ1n) is 5.34. The van der Waals surface area contributed by atoms with Crippen LogP contribution in [0.2, 0.25) is 0 Å². The molecule has 2 heterocycles. The number of ether oxygens (including phenoxy) is 1. The maximum Gasteiger partial charge on any atom is 0.274 e. The number of nitrogens with zero attached hydrogens (tertiary/aromatic N) is 2. The minimum atomic E-state index is -0.109. The molecule has 1 aliphatic rings. The van der Waals surface area contributed by atoms with Crippen molar-refractivity contribution in [2.45, 2.75) is 18.9 Å². The topological polar surface area (TPSA) is 84.2 Å². The Morgan fingerprint density at radius 2 is 2.31 bits per heavy atom. The van der Waals surface area contributed by atoms with Gasteiger partial charge in [-0.15, -0.1) is 0 Å². The van der Waals surface area contributed by atoms with Crippen LogP contribution in [0, 0.1) is 0 Å². The van der Waals surface area contributed by atoms with Crippen molar-refractivity contribution in [3.05, 3.63) is 11.9 Å². The predicted octanol–water partition coefficient (Wildman–Crippen LogP) is 0.243. The Labute approximate surface area is 93.8 Å². The number of hydrogen-bond acceptors (Lipinski definition) is 4. The number of nitrogen functional groups attached to an aromatic ring is 1. The molecule has 6 heteroatoms. The molecule has 2 rings (SSSR count). The summed E-state index contributed by atoms with van der Waals surface area (Å²) in [5.41, 5.74) is 6.40. The van der Waals surface area contributed by atoms with Crippen LogP contribution in [0.3, 0.4) is 0 Å². The average Bonchev–Trinajstić information content (AvgIpc) is 2.75. The van der Waals surface area contributed by atoms with Crippen LogP contribution in [0.5, 0.6) is 0 Å². The fraction of sp³-hybridized carbons (Fsp3) is 0.600. The molecular formula is C10H16N4O2. The zero-order valence-electron chi connectivity index (χ0n) is 9.27. The van der Waals surface area contributed by atoms with Gasteiger partial charge in [0.05, 0.1) is 11.9 Å². The standard InChI is InChI=1S/C10H16N4O2/c1-14(7-2-4-16-5-3-7)10(15)9-8(11)6-12-13-9/h6-7H,2-5,11H2,1H3,(H,12,13). The summed E-state index contributed by atoms with van der Waals surface area (Å²) in [6.07, 6.45) is 3.19. The molecule has 1 saturated heterocycles. The van der Waals surface area contributed by atoms with E-state index in [-0.39, 0.29) is 11.9 Å². The van der Waals surface area contributed by atoms with Crippen molar-refractivity contribution >= 4 is 11.6 Å². The second-order valence-electron chi connectivity index (χ2n) is 3.96. The third-order valence-corrected chi connectivity index (χ3v) is 2.94. The lowest BCUT2D eigenvalue weighted by Gasteiger charge is -2.30. The molecule has 1 aromatic rings. The van der Waals surface area contributed by atoms with Gasteiger partial charge in [0.1, 0.15) is 5.69 Å². The summed E-state index contributed by atoms with van der Waals surface area (Å²) in [7, 11) is 1.79. The molecule has 0 aromatic carbocycles. The quantitative estimate of drug-likeness (QED) is 0.753. The highest BCUT2D eigenvalue weighted by Crippen LogP contribution is 2.17. The maximum atomic E-state index is 12.1. The van der Waals surface area contributed by atoms with E-state index in [1.165, 1.54) is 6.20 Å². The zero-order chi connectivity index (χ0) is 11.5. The largest absolute Gasteiger partial charge is 0.396 e. The third-order valence-electron chi connectivity index (χ3n) is 2.94. The Morgan fingerprint density at radius 3 is 2.88 bits per heavy atom. The number of amides is 1. The van der Waals surface area contributed by atoms with Gasteiger partial charge in [-0.2, -0.15) is 5.10 Å². The van der Waals surface area contributed by atoms with Crippen molar-refractivity contribution in [1.29, 1.82) is 0 Å². The first-order chi connectivity index (χ1) is 7.70. The second kappa shape index (κ2) is 4.52. The highest BCUT2D eigenvalue weighted by molar-refractivity contribution is 5.97. The Morgan fingerprint density at radius 1 is 1.62 bits per heavy atom. The predicted molar refractivity (Wildman–Crippen MR) is 58.9 cm³/mol. The molecular weight excluding hydrogens is 208 g/mol. The number of nitrogens with one attached hydrogen (secondary N) is 1. The summed E-state index contributed by atoms with van der Waals surface area (Å²) in [5, 5.41) is 6.38. The van der Waals surface area contributed by atoms with E-state index >= 15 is 0 Å². The molecule has 0 saturated carbocycles. The van der Waals surface area contributed by atoms with Crippen molar-refractivity contribution in [3.8, 4) is 0 Å². The van der Waals surface area contributed by atoms with Gasteiger partial charge in [-0.1, -0.05) is 0 Å². The maximum absolute atomic E-state index is 12.1. The summed E-state index contributed by atoms with van der Waals surface area (Å²) in [6.45, 7) is 1.42. The van der Waals surface area contributed by atoms with E-state index in [1.807, 2.05) is 0 Å². The fourth-order valence-corrected chi connectivity index (χ4v) is 1.88. The molecule has 88 valence electrons. The number of H-pyrrole nitrogens is 1. The van der Waals surface area contributed by atoms with Gasteiger partial charge in [-0.05, 0) is 12.8 Å². The summed E-state index contributed by atoms with van der Waals surface area (Å²) >= 11 is 0. The van der Waals surface area contributed by atoms with Crippen molar-refractivity contribution < 1.29 is 9.53 Å². The van der Waals surface area contributed by atoms with Crippen LogP contribution in [-0.2, 0) is 4.74 Å². The third kappa shape index (κ3) is 2.01. The van der Waals surface area contributed by atoms with Gasteiger partial charge in [-0.25, -0.2) is 0 Å². The SMILES string of the molecule is CN(C(=O)c1[nH]ncc1N)C1CCOCC1. The average molecular weight is 224 g/mol. The molecule has 1 aliphatic heterocycles. The molecule has 16 heavy (non-hydrogen) atoms. The molecule has 0 aliphatic carbocycles. The lowest BCUT2D eigenvalue weighted by Crippen LogP contribution is -2.41. The Kier molecular flexibility index (Phi) is 3.09. The molecule has 1 aromatic heterocycles. The van der Waals surface area contributed by atoms with Crippen molar-refractivity contribution in [3.63, 3.8) is 0 Å². The highest BCUT2D eigenvalue weighted by Gasteiger charge is 2.25. The normalized spacial score (nSPS) is 17.3. The summed E-state index contributed by atoms with van der Waals surface area (Å²) in [6, 6.07) is 0.226. The molecule has 1 amide bonds. The monoisotopic (exact) mass is 224 g/mol. The van der Waals surface area contributed by atoms with E-state index in [0.29, 0.717) is 24.6 Å². The number of carbonyl (C=O) groups excluding carboxylic acids is 1. The fourth-order valence-electron chi connectivity index (χ4n) is 1.88. The van der Waals surface area contributed by atoms with E-state index in [0.717, 1.165) is 12.8 Å². The van der Waals surface area contributed by atoms with Gasteiger partial charge in [0, 0.05) is 26.3 Å². The van der Waals surface area contributed by atoms with E-state index in [4.69, 9.17) is 10.5 Å². The molecule has 0 spiro atoms. The first kappa shape index (κ1) is 10.9. The Bertz CT molecular complexity index is 371. The molecule has 0 bridgehead atoms. The van der Waals surface area contributed by atoms with Gasteiger partial charge in [0.15, 0.2) is 0 Å². The Hall–Kier alpha value is -1.56. The molecule has 3 N–H and O–H groups in total. The van der Waals surface area contributed by atoms with Crippen LogP contribution < -0.4 is 5.73 Å². The van der Waals surface area contributed by atoms with Gasteiger partial charge >= 0.3 is 0 Å². The zero-order valence-corrected chi connectivity index (χ0v) is 9.27. The summed E-state index contributed by atoms with van der Waals surface area (Å²) < 4.78 is 5.26. The van der Waals surface area contributed by atoms with Crippen LogP contribution in [0.25, 0.3) is 0 Å². The molecule has 0 unspecified atom stereocenters. The molecule has 6 nitrogen and oxygen atoms in total. The van der Waals surface area contributed by atoms with Gasteiger partial charge < -0.3 is 15.4 Å². The number of rotatable bonds is 2. The minimum Gasteiger partial charge on any atom is -0.396 e. The van der Waals surface area contributed by atoms with E-state index in [1.54, 1.807) is 11.9 Å². The number of aromatic amines is 1. The minimum absolute atomic E-state index is 0.109. The first-order valence-corrected chi connectivity index (χ1v) is 5.34. The smallest absolute Gasteiger partial charge is 0.274 e. The Balaban J connectivity index is 2.06. The number of carbonyl (C=O) groups is 1. The van der Waals surface area contributed by atoms with Crippen molar-refractivity contribution in [1.82, 2.24) is 15.1 Å². The lowest BCUT2D eigenvalue weighted by atomic mass is 10.1. The van der Waals surface area contributed by atoms with Crippen LogP contribution >= 0.6 is 0 Å². The number of anilines is 1. The van der Waals surface area contributed by atoms with Crippen molar-refractivity contribution in [2.24, 2.45) is 0 Å².